The molecule has 218 valence electrons. The Labute approximate surface area is 240 Å². The second-order valence-corrected chi connectivity index (χ2v) is 10.3. The number of hydrogen-bond donors (Lipinski definition) is 0. The summed E-state index contributed by atoms with van der Waals surface area (Å²) in [6, 6.07) is 13.2. The molecule has 41 heavy (non-hydrogen) atoms. The zero-order chi connectivity index (χ0) is 28.8. The number of hydrogen-bond acceptors (Lipinski definition) is 8. The maximum Gasteiger partial charge on any atom is 0.257 e. The van der Waals surface area contributed by atoms with Crippen LogP contribution in [-0.2, 0) is 16.1 Å². The summed E-state index contributed by atoms with van der Waals surface area (Å²) in [4.78, 5) is 37.3. The first-order valence-electron chi connectivity index (χ1n) is 14.1. The van der Waals surface area contributed by atoms with Gasteiger partial charge in [-0.05, 0) is 43.2 Å². The fraction of sp³-hybridized carbons (Fsp3) is 0.452. The van der Waals surface area contributed by atoms with E-state index in [0.717, 1.165) is 41.0 Å². The quantitative estimate of drug-likeness (QED) is 0.349. The highest BCUT2D eigenvalue weighted by molar-refractivity contribution is 5.97. The summed E-state index contributed by atoms with van der Waals surface area (Å²) < 4.78 is 22.0. The zero-order valence-corrected chi connectivity index (χ0v) is 24.1. The van der Waals surface area contributed by atoms with Crippen molar-refractivity contribution in [2.45, 2.75) is 25.8 Å². The molecule has 2 amide bonds. The van der Waals surface area contributed by atoms with Crippen molar-refractivity contribution < 1.29 is 28.5 Å². The normalized spacial score (nSPS) is 15.3. The summed E-state index contributed by atoms with van der Waals surface area (Å²) in [5.74, 6) is 2.67. The van der Waals surface area contributed by atoms with E-state index in [1.165, 1.54) is 0 Å². The van der Waals surface area contributed by atoms with E-state index in [2.05, 4.69) is 11.0 Å². The molecule has 2 aliphatic rings. The van der Waals surface area contributed by atoms with Crippen LogP contribution in [-0.4, -0.2) is 93.9 Å². The highest BCUT2D eigenvalue weighted by atomic mass is 16.5. The highest BCUT2D eigenvalue weighted by Gasteiger charge is 2.26. The first-order chi connectivity index (χ1) is 20.0. The fourth-order valence-corrected chi connectivity index (χ4v) is 5.47. The SMILES string of the molecule is COc1ccc(C(=O)N(CCCN2CCCC2=O)Cc2cc3ccc(OC)cc3nc2N2CCOCC2)c(OC)c1. The minimum absolute atomic E-state index is 0.153. The molecule has 2 aromatic carbocycles. The average molecular weight is 563 g/mol. The van der Waals surface area contributed by atoms with Crippen LogP contribution in [0.1, 0.15) is 35.2 Å². The van der Waals surface area contributed by atoms with Crippen molar-refractivity contribution in [2.75, 3.05) is 72.2 Å². The van der Waals surface area contributed by atoms with E-state index < -0.39 is 0 Å². The van der Waals surface area contributed by atoms with Gasteiger partial charge in [-0.1, -0.05) is 0 Å². The van der Waals surface area contributed by atoms with Gasteiger partial charge in [0.25, 0.3) is 5.91 Å². The molecular formula is C31H38N4O6. The molecule has 0 bridgehead atoms. The topological polar surface area (TPSA) is 93.7 Å². The van der Waals surface area contributed by atoms with E-state index in [0.29, 0.717) is 75.8 Å². The number of ether oxygens (including phenoxy) is 4. The number of carbonyl (C=O) groups excluding carboxylic acids is 2. The first kappa shape index (κ1) is 28.5. The number of carbonyl (C=O) groups is 2. The van der Waals surface area contributed by atoms with Crippen molar-refractivity contribution in [3.63, 3.8) is 0 Å². The molecule has 2 aliphatic heterocycles. The highest BCUT2D eigenvalue weighted by Crippen LogP contribution is 2.30. The van der Waals surface area contributed by atoms with Crippen molar-refractivity contribution in [1.82, 2.24) is 14.8 Å². The molecule has 1 aromatic heterocycles. The number of aromatic nitrogens is 1. The van der Waals surface area contributed by atoms with Crippen molar-refractivity contribution in [2.24, 2.45) is 0 Å². The number of benzene rings is 2. The number of likely N-dealkylation sites (tertiary alicyclic amines) is 1. The molecular weight excluding hydrogens is 524 g/mol. The number of rotatable bonds is 11. The van der Waals surface area contributed by atoms with Gasteiger partial charge in [-0.2, -0.15) is 0 Å². The Hall–Kier alpha value is -4.05. The van der Waals surface area contributed by atoms with Gasteiger partial charge in [-0.15, -0.1) is 0 Å². The van der Waals surface area contributed by atoms with Crippen LogP contribution in [0.5, 0.6) is 17.2 Å². The Balaban J connectivity index is 1.50. The molecule has 0 saturated carbocycles. The van der Waals surface area contributed by atoms with E-state index in [1.807, 2.05) is 28.0 Å². The standard InChI is InChI=1S/C31H38N4O6/c1-38-24-8-7-22-18-23(30(32-27(22)19-24)34-14-16-41-17-15-34)21-35(13-5-12-33-11-4-6-29(33)36)31(37)26-10-9-25(39-2)20-28(26)40-3/h7-10,18-20H,4-6,11-17,21H2,1-3H3. The number of nitrogens with zero attached hydrogens (tertiary/aromatic N) is 4. The van der Waals surface area contributed by atoms with Gasteiger partial charge < -0.3 is 33.6 Å². The summed E-state index contributed by atoms with van der Waals surface area (Å²) >= 11 is 0. The molecule has 3 aromatic rings. The summed E-state index contributed by atoms with van der Waals surface area (Å²) in [5.41, 5.74) is 2.23. The van der Waals surface area contributed by atoms with Crippen molar-refractivity contribution >= 4 is 28.5 Å². The van der Waals surface area contributed by atoms with Crippen molar-refractivity contribution in [3.8, 4) is 17.2 Å². The molecule has 10 nitrogen and oxygen atoms in total. The summed E-state index contributed by atoms with van der Waals surface area (Å²) in [7, 11) is 4.77. The minimum atomic E-state index is -0.153. The van der Waals surface area contributed by atoms with Gasteiger partial charge in [0.2, 0.25) is 5.91 Å². The van der Waals surface area contributed by atoms with Crippen LogP contribution in [0.2, 0.25) is 0 Å². The third-order valence-corrected chi connectivity index (χ3v) is 7.71. The van der Waals surface area contributed by atoms with Crippen LogP contribution in [0.25, 0.3) is 10.9 Å². The average Bonchev–Trinajstić information content (AvgIpc) is 3.43. The molecule has 0 atom stereocenters. The molecule has 10 heteroatoms. The van der Waals surface area contributed by atoms with Gasteiger partial charge >= 0.3 is 0 Å². The van der Waals surface area contributed by atoms with E-state index in [4.69, 9.17) is 23.9 Å². The van der Waals surface area contributed by atoms with E-state index in [9.17, 15) is 9.59 Å². The van der Waals surface area contributed by atoms with Crippen LogP contribution in [0.4, 0.5) is 5.82 Å². The van der Waals surface area contributed by atoms with Crippen LogP contribution >= 0.6 is 0 Å². The number of amides is 2. The second kappa shape index (κ2) is 13.1. The predicted molar refractivity (Wildman–Crippen MR) is 156 cm³/mol. The Bertz CT molecular complexity index is 1390. The molecule has 5 rings (SSSR count). The maximum absolute atomic E-state index is 14.1. The Morgan fingerprint density at radius 1 is 0.976 bits per heavy atom. The van der Waals surface area contributed by atoms with Crippen molar-refractivity contribution in [1.29, 1.82) is 0 Å². The van der Waals surface area contributed by atoms with Gasteiger partial charge in [0.05, 0.1) is 45.6 Å². The number of anilines is 1. The lowest BCUT2D eigenvalue weighted by molar-refractivity contribution is -0.127. The molecule has 2 fully saturated rings. The number of morpholine rings is 1. The third-order valence-electron chi connectivity index (χ3n) is 7.71. The fourth-order valence-electron chi connectivity index (χ4n) is 5.47. The van der Waals surface area contributed by atoms with E-state index in [-0.39, 0.29) is 11.8 Å². The minimum Gasteiger partial charge on any atom is -0.497 e. The van der Waals surface area contributed by atoms with Gasteiger partial charge in [0.15, 0.2) is 0 Å². The lowest BCUT2D eigenvalue weighted by Gasteiger charge is -2.32. The lowest BCUT2D eigenvalue weighted by Crippen LogP contribution is -2.39. The lowest BCUT2D eigenvalue weighted by atomic mass is 10.1. The van der Waals surface area contributed by atoms with Crippen LogP contribution in [0.15, 0.2) is 42.5 Å². The Morgan fingerprint density at radius 3 is 2.44 bits per heavy atom. The molecule has 0 spiro atoms. The Kier molecular flexibility index (Phi) is 9.08. The van der Waals surface area contributed by atoms with Gasteiger partial charge in [0.1, 0.15) is 23.1 Å². The number of pyridine rings is 1. The third kappa shape index (κ3) is 6.48. The first-order valence-corrected chi connectivity index (χ1v) is 14.1. The van der Waals surface area contributed by atoms with Crippen LogP contribution < -0.4 is 19.1 Å². The summed E-state index contributed by atoms with van der Waals surface area (Å²) in [6.45, 7) is 4.89. The maximum atomic E-state index is 14.1. The summed E-state index contributed by atoms with van der Waals surface area (Å²) in [6.07, 6.45) is 2.16. The molecule has 0 N–H and O–H groups in total. The van der Waals surface area contributed by atoms with E-state index >= 15 is 0 Å². The predicted octanol–water partition coefficient (Wildman–Crippen LogP) is 3.75. The smallest absolute Gasteiger partial charge is 0.257 e. The van der Waals surface area contributed by atoms with Gasteiger partial charge in [0, 0.05) is 68.8 Å². The molecule has 0 radical (unpaired) electrons. The van der Waals surface area contributed by atoms with Crippen molar-refractivity contribution in [3.05, 3.63) is 53.6 Å². The van der Waals surface area contributed by atoms with E-state index in [1.54, 1.807) is 39.5 Å². The summed E-state index contributed by atoms with van der Waals surface area (Å²) in [5, 5.41) is 0.967. The van der Waals surface area contributed by atoms with Crippen LogP contribution in [0.3, 0.4) is 0 Å². The molecule has 0 aliphatic carbocycles. The number of fused-ring (bicyclic) bond motifs is 1. The zero-order valence-electron chi connectivity index (χ0n) is 24.1. The second-order valence-electron chi connectivity index (χ2n) is 10.3. The molecule has 2 saturated heterocycles. The van der Waals surface area contributed by atoms with Crippen LogP contribution in [0, 0.1) is 0 Å². The molecule has 3 heterocycles. The van der Waals surface area contributed by atoms with Gasteiger partial charge in [-0.25, -0.2) is 4.98 Å². The largest absolute Gasteiger partial charge is 0.497 e. The number of methoxy groups -OCH3 is 3. The monoisotopic (exact) mass is 562 g/mol. The van der Waals surface area contributed by atoms with Gasteiger partial charge in [-0.3, -0.25) is 9.59 Å². The molecule has 0 unspecified atom stereocenters. The Morgan fingerprint density at radius 2 is 1.73 bits per heavy atom.